The molecule has 0 spiro atoms. The number of sulfonamides is 1. The van der Waals surface area contributed by atoms with Gasteiger partial charge in [-0.15, -0.1) is 0 Å². The van der Waals surface area contributed by atoms with E-state index in [0.29, 0.717) is 0 Å². The summed E-state index contributed by atoms with van der Waals surface area (Å²) in [4.78, 5) is 25.2. The van der Waals surface area contributed by atoms with Crippen molar-refractivity contribution in [1.82, 2.24) is 4.90 Å². The smallest absolute Gasteiger partial charge is 0.478 e. The molecule has 1 saturated heterocycles. The monoisotopic (exact) mass is 581 g/mol. The number of hydrogen-bond donors (Lipinski definition) is 3. The van der Waals surface area contributed by atoms with E-state index in [1.165, 1.54) is 24.3 Å². The number of halogens is 4. The van der Waals surface area contributed by atoms with Crippen molar-refractivity contribution in [3.63, 3.8) is 0 Å². The van der Waals surface area contributed by atoms with Crippen molar-refractivity contribution in [3.05, 3.63) is 52.5 Å². The number of benzene rings is 2. The number of rotatable bonds is 6. The van der Waals surface area contributed by atoms with Gasteiger partial charge in [-0.2, -0.15) is 13.2 Å². The zero-order valence-electron chi connectivity index (χ0n) is 18.4. The Morgan fingerprint density at radius 3 is 2.03 bits per heavy atom. The highest BCUT2D eigenvalue weighted by Crippen LogP contribution is 2.27. The molecule has 0 atom stereocenters. The van der Waals surface area contributed by atoms with Gasteiger partial charge < -0.3 is 20.0 Å². The number of aromatic carboxylic acids is 1. The zero-order chi connectivity index (χ0) is 26.4. The summed E-state index contributed by atoms with van der Waals surface area (Å²) in [5.74, 6) is -3.94. The molecule has 0 bridgehead atoms. The third-order valence-corrected chi connectivity index (χ3v) is 6.94. The normalized spacial score (nSPS) is 14.6. The van der Waals surface area contributed by atoms with E-state index in [1.54, 1.807) is 18.2 Å². The molecule has 0 aliphatic carbocycles. The Morgan fingerprint density at radius 1 is 1.03 bits per heavy atom. The van der Waals surface area contributed by atoms with Crippen LogP contribution in [0.5, 0.6) is 0 Å². The molecule has 0 saturated carbocycles. The van der Waals surface area contributed by atoms with Crippen LogP contribution in [0, 0.1) is 0 Å². The summed E-state index contributed by atoms with van der Waals surface area (Å²) in [5.41, 5.74) is 0.752. The Hall–Kier alpha value is -2.84. The number of anilines is 2. The van der Waals surface area contributed by atoms with Gasteiger partial charge in [-0.3, -0.25) is 4.72 Å². The second-order valence-electron chi connectivity index (χ2n) is 7.32. The van der Waals surface area contributed by atoms with Crippen molar-refractivity contribution < 1.29 is 41.4 Å². The number of likely N-dealkylation sites (N-methyl/N-ethyl adjacent to an activating group) is 1. The van der Waals surface area contributed by atoms with E-state index in [9.17, 15) is 31.5 Å². The highest BCUT2D eigenvalue weighted by atomic mass is 79.9. The van der Waals surface area contributed by atoms with Gasteiger partial charge >= 0.3 is 18.1 Å². The van der Waals surface area contributed by atoms with Gasteiger partial charge in [0, 0.05) is 36.3 Å². The third kappa shape index (κ3) is 8.11. The van der Waals surface area contributed by atoms with Crippen LogP contribution in [0.1, 0.15) is 17.3 Å². The lowest BCUT2D eigenvalue weighted by Crippen LogP contribution is -2.46. The van der Waals surface area contributed by atoms with Crippen molar-refractivity contribution in [2.75, 3.05) is 42.3 Å². The molecule has 0 aromatic heterocycles. The lowest BCUT2D eigenvalue weighted by molar-refractivity contribution is -0.192. The van der Waals surface area contributed by atoms with E-state index in [0.717, 1.165) is 42.9 Å². The van der Waals surface area contributed by atoms with Crippen LogP contribution in [-0.2, 0) is 14.8 Å². The van der Waals surface area contributed by atoms with Crippen LogP contribution >= 0.6 is 15.9 Å². The number of piperazine rings is 1. The first-order valence-corrected chi connectivity index (χ1v) is 12.5. The van der Waals surface area contributed by atoms with Gasteiger partial charge in [-0.05, 0) is 49.0 Å². The Morgan fingerprint density at radius 2 is 1.57 bits per heavy atom. The summed E-state index contributed by atoms with van der Waals surface area (Å²) in [5, 5.41) is 16.7. The van der Waals surface area contributed by atoms with Crippen LogP contribution in [-0.4, -0.2) is 74.4 Å². The van der Waals surface area contributed by atoms with Gasteiger partial charge in [0.25, 0.3) is 10.0 Å². The van der Waals surface area contributed by atoms with E-state index in [-0.39, 0.29) is 16.1 Å². The summed E-state index contributed by atoms with van der Waals surface area (Å²) in [6.45, 7) is 6.54. The van der Waals surface area contributed by atoms with Crippen LogP contribution in [0.2, 0.25) is 0 Å². The molecular weight excluding hydrogens is 559 g/mol. The summed E-state index contributed by atoms with van der Waals surface area (Å²) < 4.78 is 60.1. The fourth-order valence-electron chi connectivity index (χ4n) is 3.13. The highest BCUT2D eigenvalue weighted by Gasteiger charge is 2.38. The first-order valence-electron chi connectivity index (χ1n) is 10.2. The molecule has 0 radical (unpaired) electrons. The van der Waals surface area contributed by atoms with E-state index in [2.05, 4.69) is 37.4 Å². The van der Waals surface area contributed by atoms with Crippen molar-refractivity contribution in [2.45, 2.75) is 18.0 Å². The van der Waals surface area contributed by atoms with Crippen LogP contribution < -0.4 is 9.62 Å². The van der Waals surface area contributed by atoms with Crippen molar-refractivity contribution in [2.24, 2.45) is 0 Å². The Kier molecular flexibility index (Phi) is 9.52. The van der Waals surface area contributed by atoms with Crippen LogP contribution in [0.25, 0.3) is 0 Å². The fraction of sp³-hybridized carbons (Fsp3) is 0.333. The van der Waals surface area contributed by atoms with Crippen molar-refractivity contribution in [3.8, 4) is 0 Å². The molecule has 9 nitrogen and oxygen atoms in total. The maximum absolute atomic E-state index is 12.6. The predicted molar refractivity (Wildman–Crippen MR) is 126 cm³/mol. The van der Waals surface area contributed by atoms with Gasteiger partial charge in [0.15, 0.2) is 0 Å². The topological polar surface area (TPSA) is 127 Å². The van der Waals surface area contributed by atoms with E-state index in [4.69, 9.17) is 9.90 Å². The lowest BCUT2D eigenvalue weighted by Gasteiger charge is -2.35. The number of aliphatic carboxylic acids is 1. The Balaban J connectivity index is 0.000000540. The summed E-state index contributed by atoms with van der Waals surface area (Å²) in [6.07, 6.45) is -5.08. The van der Waals surface area contributed by atoms with Gasteiger partial charge in [0.2, 0.25) is 0 Å². The highest BCUT2D eigenvalue weighted by molar-refractivity contribution is 9.10. The zero-order valence-corrected chi connectivity index (χ0v) is 20.8. The minimum absolute atomic E-state index is 0.0476. The van der Waals surface area contributed by atoms with Crippen LogP contribution in [0.3, 0.4) is 0 Å². The molecule has 192 valence electrons. The molecule has 1 fully saturated rings. The molecule has 1 heterocycles. The maximum atomic E-state index is 12.6. The minimum Gasteiger partial charge on any atom is -0.478 e. The molecule has 2 aromatic carbocycles. The van der Waals surface area contributed by atoms with E-state index < -0.39 is 28.1 Å². The molecule has 0 amide bonds. The molecule has 0 unspecified atom stereocenters. The van der Waals surface area contributed by atoms with E-state index in [1.807, 2.05) is 0 Å². The SMILES string of the molecule is CCN1CCN(c2ccc(NS(=O)(=O)c3ccc(Br)cc3)c(C(=O)O)c2)CC1.O=C(O)C(F)(F)F. The molecule has 3 N–H and O–H groups in total. The number of carboxylic acids is 2. The van der Waals surface area contributed by atoms with Gasteiger partial charge in [-0.25, -0.2) is 18.0 Å². The number of carboxylic acid groups (broad SMARTS) is 2. The number of nitrogens with zero attached hydrogens (tertiary/aromatic N) is 2. The summed E-state index contributed by atoms with van der Waals surface area (Å²) in [6, 6.07) is 10.9. The molecule has 3 rings (SSSR count). The lowest BCUT2D eigenvalue weighted by atomic mass is 10.1. The average Bonchev–Trinajstić information content (AvgIpc) is 2.79. The minimum atomic E-state index is -5.08. The standard InChI is InChI=1S/C19H22BrN3O4S.C2HF3O2/c1-2-22-9-11-23(12-10-22)15-5-8-18(17(13-15)19(24)25)21-28(26,27)16-6-3-14(20)4-7-16;3-2(4,5)1(6)7/h3-8,13,21H,2,9-12H2,1H3,(H,24,25);(H,6,7). The van der Waals surface area contributed by atoms with Gasteiger partial charge in [0.05, 0.1) is 16.1 Å². The van der Waals surface area contributed by atoms with Gasteiger partial charge in [-0.1, -0.05) is 22.9 Å². The Bertz CT molecular complexity index is 1150. The molecule has 14 heteroatoms. The predicted octanol–water partition coefficient (Wildman–Crippen LogP) is 3.72. The third-order valence-electron chi connectivity index (χ3n) is 5.03. The van der Waals surface area contributed by atoms with Crippen LogP contribution in [0.15, 0.2) is 51.8 Å². The average molecular weight is 582 g/mol. The number of alkyl halides is 3. The fourth-order valence-corrected chi connectivity index (χ4v) is 4.48. The second kappa shape index (κ2) is 11.7. The molecule has 2 aromatic rings. The number of hydrogen-bond acceptors (Lipinski definition) is 6. The molecule has 35 heavy (non-hydrogen) atoms. The maximum Gasteiger partial charge on any atom is 0.490 e. The van der Waals surface area contributed by atoms with Crippen molar-refractivity contribution >= 4 is 49.3 Å². The van der Waals surface area contributed by atoms with Crippen molar-refractivity contribution in [1.29, 1.82) is 0 Å². The quantitative estimate of drug-likeness (QED) is 0.471. The second-order valence-corrected chi connectivity index (χ2v) is 9.92. The Labute approximate surface area is 208 Å². The molecule has 1 aliphatic heterocycles. The first kappa shape index (κ1) is 28.4. The summed E-state index contributed by atoms with van der Waals surface area (Å²) >= 11 is 3.26. The molecule has 1 aliphatic rings. The largest absolute Gasteiger partial charge is 0.490 e. The number of nitrogens with one attached hydrogen (secondary N) is 1. The van der Waals surface area contributed by atoms with E-state index >= 15 is 0 Å². The van der Waals surface area contributed by atoms with Gasteiger partial charge in [0.1, 0.15) is 0 Å². The van der Waals surface area contributed by atoms with Crippen LogP contribution in [0.4, 0.5) is 24.5 Å². The molecular formula is C21H23BrF3N3O6S. The number of carbonyl (C=O) groups is 2. The first-order chi connectivity index (χ1) is 16.2. The summed E-state index contributed by atoms with van der Waals surface area (Å²) in [7, 11) is -3.89.